The summed E-state index contributed by atoms with van der Waals surface area (Å²) in [5.41, 5.74) is 2.84. The Kier molecular flexibility index (Phi) is 6.47. The highest BCUT2D eigenvalue weighted by atomic mass is 35.5. The lowest BCUT2D eigenvalue weighted by atomic mass is 9.96. The van der Waals surface area contributed by atoms with Gasteiger partial charge in [-0.2, -0.15) is 0 Å². The van der Waals surface area contributed by atoms with Gasteiger partial charge in [-0.05, 0) is 57.0 Å². The summed E-state index contributed by atoms with van der Waals surface area (Å²) in [7, 11) is 0. The van der Waals surface area contributed by atoms with Crippen molar-refractivity contribution in [1.82, 2.24) is 4.90 Å². The Balaban J connectivity index is 2.48. The molecule has 0 aromatic heterocycles. The van der Waals surface area contributed by atoms with Crippen molar-refractivity contribution in [3.8, 4) is 5.75 Å². The summed E-state index contributed by atoms with van der Waals surface area (Å²) >= 11 is 6.16. The van der Waals surface area contributed by atoms with Crippen LogP contribution in [0.5, 0.6) is 5.75 Å². The van der Waals surface area contributed by atoms with Gasteiger partial charge in [-0.25, -0.2) is 0 Å². The number of rotatable bonds is 6. The molecule has 0 spiro atoms. The van der Waals surface area contributed by atoms with Gasteiger partial charge in [0.05, 0.1) is 0 Å². The Morgan fingerprint density at radius 2 is 1.67 bits per heavy atom. The van der Waals surface area contributed by atoms with Crippen LogP contribution in [0.25, 0.3) is 5.57 Å². The minimum atomic E-state index is 0.246. The Morgan fingerprint density at radius 1 is 1.04 bits per heavy atom. The molecule has 128 valence electrons. The Labute approximate surface area is 150 Å². The zero-order valence-corrected chi connectivity index (χ0v) is 15.6. The lowest BCUT2D eigenvalue weighted by molar-refractivity contribution is 0.196. The molecule has 2 aromatic carbocycles. The van der Waals surface area contributed by atoms with Crippen LogP contribution in [-0.4, -0.2) is 28.6 Å². The Morgan fingerprint density at radius 3 is 2.25 bits per heavy atom. The predicted molar refractivity (Wildman–Crippen MR) is 104 cm³/mol. The summed E-state index contributed by atoms with van der Waals surface area (Å²) in [5, 5.41) is 11.0. The first kappa shape index (κ1) is 18.6. The molecule has 0 radical (unpaired) electrons. The number of phenolic OH excluding ortho intramolecular Hbond substituents is 1. The first-order valence-corrected chi connectivity index (χ1v) is 8.78. The van der Waals surface area contributed by atoms with E-state index in [0.717, 1.165) is 23.2 Å². The van der Waals surface area contributed by atoms with Crippen molar-refractivity contribution < 1.29 is 5.11 Å². The normalized spacial score (nSPS) is 12.4. The minimum Gasteiger partial charge on any atom is -0.507 e. The third-order valence-corrected chi connectivity index (χ3v) is 4.40. The van der Waals surface area contributed by atoms with E-state index in [-0.39, 0.29) is 5.75 Å². The SMILES string of the molecule is CC(C)N(C/C=C(\c1ccccc1)c1cc(Cl)ccc1O)C(C)C. The highest BCUT2D eigenvalue weighted by molar-refractivity contribution is 6.30. The third kappa shape index (κ3) is 4.62. The van der Waals surface area contributed by atoms with Gasteiger partial charge in [-0.15, -0.1) is 0 Å². The maximum atomic E-state index is 10.3. The number of halogens is 1. The van der Waals surface area contributed by atoms with Crippen LogP contribution >= 0.6 is 11.6 Å². The fourth-order valence-corrected chi connectivity index (χ4v) is 3.11. The summed E-state index contributed by atoms with van der Waals surface area (Å²) in [4.78, 5) is 2.41. The molecule has 0 aliphatic heterocycles. The Bertz CT molecular complexity index is 684. The van der Waals surface area contributed by atoms with Crippen molar-refractivity contribution >= 4 is 17.2 Å². The fraction of sp³-hybridized carbons (Fsp3) is 0.333. The van der Waals surface area contributed by atoms with Crippen molar-refractivity contribution in [2.45, 2.75) is 39.8 Å². The monoisotopic (exact) mass is 343 g/mol. The van der Waals surface area contributed by atoms with Crippen LogP contribution in [0.15, 0.2) is 54.6 Å². The molecule has 24 heavy (non-hydrogen) atoms. The number of hydrogen-bond donors (Lipinski definition) is 1. The second kappa shape index (κ2) is 8.36. The third-order valence-electron chi connectivity index (χ3n) is 4.17. The molecule has 2 aromatic rings. The van der Waals surface area contributed by atoms with Crippen LogP contribution in [0.1, 0.15) is 38.8 Å². The number of benzene rings is 2. The van der Waals surface area contributed by atoms with Crippen LogP contribution < -0.4 is 0 Å². The summed E-state index contributed by atoms with van der Waals surface area (Å²) < 4.78 is 0. The van der Waals surface area contributed by atoms with Gasteiger partial charge in [-0.3, -0.25) is 4.90 Å². The summed E-state index contributed by atoms with van der Waals surface area (Å²) in [6.07, 6.45) is 2.18. The largest absolute Gasteiger partial charge is 0.507 e. The highest BCUT2D eigenvalue weighted by Crippen LogP contribution is 2.32. The standard InChI is InChI=1S/C21H26ClNO/c1-15(2)23(16(3)4)13-12-19(17-8-6-5-7-9-17)20-14-18(22)10-11-21(20)24/h5-12,14-16,24H,13H2,1-4H3/b19-12+. The summed E-state index contributed by atoms with van der Waals surface area (Å²) in [6, 6.07) is 16.2. The average molecular weight is 344 g/mol. The number of phenols is 1. The van der Waals surface area contributed by atoms with Crippen LogP contribution in [0.4, 0.5) is 0 Å². The van der Waals surface area contributed by atoms with Crippen LogP contribution in [0.2, 0.25) is 5.02 Å². The minimum absolute atomic E-state index is 0.246. The van der Waals surface area contributed by atoms with E-state index < -0.39 is 0 Å². The van der Waals surface area contributed by atoms with Crippen LogP contribution in [0, 0.1) is 0 Å². The maximum absolute atomic E-state index is 10.3. The van der Waals surface area contributed by atoms with Gasteiger partial charge in [0.2, 0.25) is 0 Å². The van der Waals surface area contributed by atoms with Crippen molar-refractivity contribution in [3.63, 3.8) is 0 Å². The zero-order valence-electron chi connectivity index (χ0n) is 14.8. The van der Waals surface area contributed by atoms with Crippen molar-refractivity contribution in [3.05, 3.63) is 70.8 Å². The van der Waals surface area contributed by atoms with Gasteiger partial charge < -0.3 is 5.11 Å². The summed E-state index contributed by atoms with van der Waals surface area (Å²) in [6.45, 7) is 9.62. The van der Waals surface area contributed by atoms with E-state index in [1.807, 2.05) is 24.3 Å². The van der Waals surface area contributed by atoms with Crippen molar-refractivity contribution in [2.75, 3.05) is 6.54 Å². The molecule has 3 heteroatoms. The van der Waals surface area contributed by atoms with Gasteiger partial charge in [-0.1, -0.05) is 48.0 Å². The van der Waals surface area contributed by atoms with Crippen molar-refractivity contribution in [2.24, 2.45) is 0 Å². The topological polar surface area (TPSA) is 23.5 Å². The number of nitrogens with zero attached hydrogens (tertiary/aromatic N) is 1. The van der Waals surface area contributed by atoms with E-state index >= 15 is 0 Å². The molecule has 2 rings (SSSR count). The highest BCUT2D eigenvalue weighted by Gasteiger charge is 2.15. The first-order valence-electron chi connectivity index (χ1n) is 8.40. The average Bonchev–Trinajstić information content (AvgIpc) is 2.54. The molecule has 1 N–H and O–H groups in total. The van der Waals surface area contributed by atoms with E-state index in [0.29, 0.717) is 17.1 Å². The lowest BCUT2D eigenvalue weighted by Gasteiger charge is -2.29. The summed E-state index contributed by atoms with van der Waals surface area (Å²) in [5.74, 6) is 0.246. The van der Waals surface area contributed by atoms with E-state index in [2.05, 4.69) is 50.8 Å². The molecule has 2 nitrogen and oxygen atoms in total. The second-order valence-electron chi connectivity index (χ2n) is 6.53. The van der Waals surface area contributed by atoms with Crippen LogP contribution in [-0.2, 0) is 0 Å². The van der Waals surface area contributed by atoms with Crippen molar-refractivity contribution in [1.29, 1.82) is 0 Å². The van der Waals surface area contributed by atoms with Crippen LogP contribution in [0.3, 0.4) is 0 Å². The van der Waals surface area contributed by atoms with Gasteiger partial charge in [0.25, 0.3) is 0 Å². The molecule has 0 fully saturated rings. The molecule has 0 atom stereocenters. The maximum Gasteiger partial charge on any atom is 0.123 e. The second-order valence-corrected chi connectivity index (χ2v) is 6.97. The first-order chi connectivity index (χ1) is 11.4. The molecule has 0 bridgehead atoms. The number of aromatic hydroxyl groups is 1. The molecule has 0 aliphatic carbocycles. The molecule has 0 saturated carbocycles. The molecule has 0 amide bonds. The fourth-order valence-electron chi connectivity index (χ4n) is 2.94. The quantitative estimate of drug-likeness (QED) is 0.738. The van der Waals surface area contributed by atoms with Gasteiger partial charge in [0.1, 0.15) is 5.75 Å². The van der Waals surface area contributed by atoms with Gasteiger partial charge in [0, 0.05) is 29.2 Å². The van der Waals surface area contributed by atoms with E-state index in [9.17, 15) is 5.11 Å². The molecule has 0 saturated heterocycles. The number of hydrogen-bond acceptors (Lipinski definition) is 2. The molecule has 0 unspecified atom stereocenters. The molecular weight excluding hydrogens is 318 g/mol. The molecule has 0 aliphatic rings. The molecule has 0 heterocycles. The zero-order chi connectivity index (χ0) is 17.7. The molecular formula is C21H26ClNO. The van der Waals surface area contributed by atoms with Gasteiger partial charge in [0.15, 0.2) is 0 Å². The predicted octanol–water partition coefficient (Wildman–Crippen LogP) is 5.60. The Hall–Kier alpha value is -1.77. The smallest absolute Gasteiger partial charge is 0.123 e. The lowest BCUT2D eigenvalue weighted by Crippen LogP contribution is -2.37. The van der Waals surface area contributed by atoms with Gasteiger partial charge >= 0.3 is 0 Å². The van der Waals surface area contributed by atoms with E-state index in [4.69, 9.17) is 11.6 Å². The van der Waals surface area contributed by atoms with E-state index in [1.54, 1.807) is 12.1 Å². The van der Waals surface area contributed by atoms with E-state index in [1.165, 1.54) is 0 Å².